The molecule has 0 aromatic carbocycles. The predicted molar refractivity (Wildman–Crippen MR) is 84.7 cm³/mol. The summed E-state index contributed by atoms with van der Waals surface area (Å²) in [4.78, 5) is 11.6. The molecular weight excluding hydrogens is 286 g/mol. The Hall–Kier alpha value is -0.890. The predicted octanol–water partition coefficient (Wildman–Crippen LogP) is 1.14. The first-order chi connectivity index (χ1) is 10.4. The van der Waals surface area contributed by atoms with Gasteiger partial charge >= 0.3 is 6.09 Å². The number of amides is 1. The molecule has 0 bridgehead atoms. The Labute approximate surface area is 133 Å². The van der Waals surface area contributed by atoms with E-state index in [2.05, 4.69) is 15.8 Å². The molecule has 0 saturated carbocycles. The Morgan fingerprint density at radius 1 is 1.32 bits per heavy atom. The van der Waals surface area contributed by atoms with E-state index >= 15 is 0 Å². The number of nitrogens with one attached hydrogen (secondary N) is 2. The van der Waals surface area contributed by atoms with E-state index in [4.69, 9.17) is 14.2 Å². The molecule has 22 heavy (non-hydrogen) atoms. The number of alkyl carbamates (subject to hydrolysis) is 1. The van der Waals surface area contributed by atoms with Gasteiger partial charge in [-0.05, 0) is 33.6 Å². The molecule has 1 aliphatic rings. The van der Waals surface area contributed by atoms with E-state index in [9.17, 15) is 4.79 Å². The third-order valence-corrected chi connectivity index (χ3v) is 3.14. The highest BCUT2D eigenvalue weighted by Crippen LogP contribution is 2.06. The lowest BCUT2D eigenvalue weighted by Crippen LogP contribution is -2.51. The fraction of sp³-hybridized carbons (Fsp3) is 0.933. The summed E-state index contributed by atoms with van der Waals surface area (Å²) < 4.78 is 15.8. The summed E-state index contributed by atoms with van der Waals surface area (Å²) >= 11 is 0. The SMILES string of the molecule is COCC(CCCNC(=O)OC(C)(C)C)NN1CCOCC1. The average Bonchev–Trinajstić information content (AvgIpc) is 2.43. The van der Waals surface area contributed by atoms with Crippen LogP contribution in [0.5, 0.6) is 0 Å². The highest BCUT2D eigenvalue weighted by atomic mass is 16.6. The summed E-state index contributed by atoms with van der Waals surface area (Å²) in [6.07, 6.45) is 1.42. The zero-order valence-electron chi connectivity index (χ0n) is 14.3. The minimum Gasteiger partial charge on any atom is -0.444 e. The summed E-state index contributed by atoms with van der Waals surface area (Å²) in [5.41, 5.74) is 3.01. The van der Waals surface area contributed by atoms with Crippen LogP contribution in [-0.2, 0) is 14.2 Å². The second-order valence-corrected chi connectivity index (χ2v) is 6.45. The second kappa shape index (κ2) is 9.99. The molecule has 1 saturated heterocycles. The lowest BCUT2D eigenvalue weighted by molar-refractivity contribution is -0.00574. The van der Waals surface area contributed by atoms with Crippen molar-refractivity contribution in [2.24, 2.45) is 0 Å². The zero-order valence-corrected chi connectivity index (χ0v) is 14.3. The van der Waals surface area contributed by atoms with Gasteiger partial charge in [-0.2, -0.15) is 0 Å². The van der Waals surface area contributed by atoms with E-state index in [0.29, 0.717) is 13.2 Å². The maximum absolute atomic E-state index is 11.6. The molecule has 1 rings (SSSR count). The molecule has 2 N–H and O–H groups in total. The van der Waals surface area contributed by atoms with E-state index in [1.165, 1.54) is 0 Å². The summed E-state index contributed by atoms with van der Waals surface area (Å²) in [7, 11) is 1.70. The molecule has 1 heterocycles. The first kappa shape index (κ1) is 19.2. The Bertz CT molecular complexity index is 314. The van der Waals surface area contributed by atoms with Crippen LogP contribution in [-0.4, -0.2) is 69.3 Å². The van der Waals surface area contributed by atoms with Gasteiger partial charge in [0, 0.05) is 32.8 Å². The largest absolute Gasteiger partial charge is 0.444 e. The van der Waals surface area contributed by atoms with E-state index in [0.717, 1.165) is 39.1 Å². The van der Waals surface area contributed by atoms with Gasteiger partial charge in [-0.25, -0.2) is 15.2 Å². The van der Waals surface area contributed by atoms with Gasteiger partial charge in [0.1, 0.15) is 5.60 Å². The van der Waals surface area contributed by atoms with Crippen LogP contribution in [0.4, 0.5) is 4.79 Å². The van der Waals surface area contributed by atoms with Crippen molar-refractivity contribution in [1.82, 2.24) is 15.8 Å². The number of carbonyl (C=O) groups excluding carboxylic acids is 1. The van der Waals surface area contributed by atoms with Gasteiger partial charge < -0.3 is 19.5 Å². The third-order valence-electron chi connectivity index (χ3n) is 3.14. The number of nitrogens with zero attached hydrogens (tertiary/aromatic N) is 1. The number of methoxy groups -OCH3 is 1. The topological polar surface area (TPSA) is 72.1 Å². The van der Waals surface area contributed by atoms with Gasteiger partial charge in [-0.15, -0.1) is 0 Å². The minimum atomic E-state index is -0.458. The monoisotopic (exact) mass is 317 g/mol. The van der Waals surface area contributed by atoms with E-state index in [1.54, 1.807) is 7.11 Å². The third kappa shape index (κ3) is 9.19. The lowest BCUT2D eigenvalue weighted by atomic mass is 10.2. The van der Waals surface area contributed by atoms with Crippen LogP contribution in [0.25, 0.3) is 0 Å². The zero-order chi connectivity index (χ0) is 16.4. The fourth-order valence-electron chi connectivity index (χ4n) is 2.19. The smallest absolute Gasteiger partial charge is 0.407 e. The van der Waals surface area contributed by atoms with Gasteiger partial charge in [0.05, 0.1) is 19.8 Å². The number of carbonyl (C=O) groups is 1. The van der Waals surface area contributed by atoms with Crippen molar-refractivity contribution in [3.8, 4) is 0 Å². The van der Waals surface area contributed by atoms with Crippen LogP contribution in [0.2, 0.25) is 0 Å². The Balaban J connectivity index is 2.19. The highest BCUT2D eigenvalue weighted by Gasteiger charge is 2.17. The Morgan fingerprint density at radius 3 is 2.59 bits per heavy atom. The molecule has 1 aliphatic heterocycles. The summed E-state index contributed by atoms with van der Waals surface area (Å²) in [5, 5.41) is 4.95. The van der Waals surface area contributed by atoms with Gasteiger partial charge in [0.25, 0.3) is 0 Å². The van der Waals surface area contributed by atoms with Crippen molar-refractivity contribution in [2.75, 3.05) is 46.6 Å². The van der Waals surface area contributed by atoms with Crippen molar-refractivity contribution in [1.29, 1.82) is 0 Å². The van der Waals surface area contributed by atoms with Crippen molar-refractivity contribution in [2.45, 2.75) is 45.3 Å². The van der Waals surface area contributed by atoms with Crippen LogP contribution >= 0.6 is 0 Å². The maximum atomic E-state index is 11.6. The van der Waals surface area contributed by atoms with Crippen molar-refractivity contribution >= 4 is 6.09 Å². The van der Waals surface area contributed by atoms with Crippen molar-refractivity contribution in [3.63, 3.8) is 0 Å². The highest BCUT2D eigenvalue weighted by molar-refractivity contribution is 5.67. The first-order valence-electron chi connectivity index (χ1n) is 7.95. The minimum absolute atomic E-state index is 0.239. The van der Waals surface area contributed by atoms with Crippen LogP contribution in [0.3, 0.4) is 0 Å². The van der Waals surface area contributed by atoms with Gasteiger partial charge in [0.15, 0.2) is 0 Å². The van der Waals surface area contributed by atoms with Crippen molar-refractivity contribution < 1.29 is 19.0 Å². The summed E-state index contributed by atoms with van der Waals surface area (Å²) in [6.45, 7) is 10.1. The second-order valence-electron chi connectivity index (χ2n) is 6.45. The normalized spacial score (nSPS) is 18.0. The average molecular weight is 317 g/mol. The molecule has 0 radical (unpaired) electrons. The quantitative estimate of drug-likeness (QED) is 0.654. The molecule has 1 atom stereocenters. The molecule has 130 valence electrons. The Kier molecular flexibility index (Phi) is 8.70. The number of ether oxygens (including phenoxy) is 3. The number of morpholine rings is 1. The Morgan fingerprint density at radius 2 is 2.00 bits per heavy atom. The van der Waals surface area contributed by atoms with Crippen LogP contribution in [0.1, 0.15) is 33.6 Å². The first-order valence-corrected chi connectivity index (χ1v) is 7.95. The molecular formula is C15H31N3O4. The molecule has 1 amide bonds. The van der Waals surface area contributed by atoms with Crippen molar-refractivity contribution in [3.05, 3.63) is 0 Å². The molecule has 1 unspecified atom stereocenters. The number of rotatable bonds is 8. The standard InChI is InChI=1S/C15H31N3O4/c1-15(2,3)22-14(19)16-7-5-6-13(12-20-4)17-18-8-10-21-11-9-18/h13,17H,5-12H2,1-4H3,(H,16,19). The van der Waals surface area contributed by atoms with E-state index in [1.807, 2.05) is 20.8 Å². The van der Waals surface area contributed by atoms with Gasteiger partial charge in [-0.3, -0.25) is 0 Å². The maximum Gasteiger partial charge on any atom is 0.407 e. The molecule has 7 heteroatoms. The molecule has 0 aromatic rings. The van der Waals surface area contributed by atoms with Gasteiger partial charge in [0.2, 0.25) is 0 Å². The molecule has 0 aliphatic carbocycles. The van der Waals surface area contributed by atoms with Gasteiger partial charge in [-0.1, -0.05) is 0 Å². The molecule has 0 spiro atoms. The number of hydrogen-bond donors (Lipinski definition) is 2. The van der Waals surface area contributed by atoms with E-state index < -0.39 is 5.60 Å². The number of hydrogen-bond acceptors (Lipinski definition) is 6. The molecule has 7 nitrogen and oxygen atoms in total. The summed E-state index contributed by atoms with van der Waals surface area (Å²) in [6, 6.07) is 0.239. The van der Waals surface area contributed by atoms with E-state index in [-0.39, 0.29) is 12.1 Å². The number of hydrazine groups is 1. The van der Waals surface area contributed by atoms with Crippen LogP contribution in [0.15, 0.2) is 0 Å². The fourth-order valence-corrected chi connectivity index (χ4v) is 2.19. The van der Waals surface area contributed by atoms with Crippen LogP contribution < -0.4 is 10.7 Å². The summed E-state index contributed by atoms with van der Waals surface area (Å²) in [5.74, 6) is 0. The molecule has 0 aromatic heterocycles. The van der Waals surface area contributed by atoms with Crippen LogP contribution in [0, 0.1) is 0 Å². The lowest BCUT2D eigenvalue weighted by Gasteiger charge is -2.31. The molecule has 1 fully saturated rings.